The molecule has 119 heavy (non-hydrogen) atoms. The molecule has 6 heterocycles. The summed E-state index contributed by atoms with van der Waals surface area (Å²) in [5.41, 5.74) is 25.3. The second-order valence-electron chi connectivity index (χ2n) is 31.6. The molecular weight excluding hydrogens is 1520 g/mol. The largest absolute Gasteiger partial charge is 1.00 e. The number of carbonyl (C=O) groups excluding carboxylic acids is 3. The third-order valence-corrected chi connectivity index (χ3v) is 17.5. The average molecular weight is 1640 g/mol. The van der Waals surface area contributed by atoms with Gasteiger partial charge in [0.25, 0.3) is 0 Å². The Bertz CT molecular complexity index is 5070. The van der Waals surface area contributed by atoms with Gasteiger partial charge in [-0.05, 0) is 168 Å². The Morgan fingerprint density at radius 2 is 0.672 bits per heavy atom. The highest BCUT2D eigenvalue weighted by Gasteiger charge is 2.23. The van der Waals surface area contributed by atoms with Gasteiger partial charge in [-0.3, -0.25) is 4.79 Å². The van der Waals surface area contributed by atoms with E-state index in [1.807, 2.05) is 132 Å². The van der Waals surface area contributed by atoms with E-state index in [1.165, 1.54) is 45.9 Å². The van der Waals surface area contributed by atoms with E-state index in [2.05, 4.69) is 241 Å². The van der Waals surface area contributed by atoms with Crippen LogP contribution in [0.2, 0.25) is 0 Å². The monoisotopic (exact) mass is 1640 g/mol. The molecule has 30 heteroatoms. The minimum atomic E-state index is -0.553. The van der Waals surface area contributed by atoms with Crippen molar-refractivity contribution >= 4 is 86.9 Å². The van der Waals surface area contributed by atoms with Gasteiger partial charge in [-0.1, -0.05) is 164 Å². The summed E-state index contributed by atoms with van der Waals surface area (Å²) in [6, 6.07) is 56.9. The molecule has 14 N–H and O–H groups in total. The molecule has 0 aliphatic heterocycles. The lowest BCUT2D eigenvalue weighted by Crippen LogP contribution is -3.00. The van der Waals surface area contributed by atoms with Gasteiger partial charge in [-0.2, -0.15) is 29.9 Å². The number of nitrogens with one attached hydrogen (secondary N) is 9. The molecule has 3 amide bonds. The number of fused-ring (bicyclic) bond motifs is 3. The zero-order valence-electron chi connectivity index (χ0n) is 71.9. The van der Waals surface area contributed by atoms with E-state index in [4.69, 9.17) is 41.0 Å². The number of nitrogens with two attached hydrogens (primary N) is 2. The zero-order valence-corrected chi connectivity index (χ0v) is 72.7. The maximum absolute atomic E-state index is 12.1. The van der Waals surface area contributed by atoms with Gasteiger partial charge in [0.2, 0.25) is 23.8 Å². The van der Waals surface area contributed by atoms with Crippen molar-refractivity contribution in [1.29, 1.82) is 0 Å². The van der Waals surface area contributed by atoms with Crippen LogP contribution in [0.15, 0.2) is 183 Å². The van der Waals surface area contributed by atoms with E-state index < -0.39 is 23.4 Å². The van der Waals surface area contributed by atoms with Crippen LogP contribution in [0, 0.1) is 0 Å². The number of imidazole rings is 3. The van der Waals surface area contributed by atoms with Crippen LogP contribution in [-0.2, 0) is 33.9 Å². The van der Waals surface area contributed by atoms with Crippen molar-refractivity contribution < 1.29 is 41.4 Å². The first-order valence-electron chi connectivity index (χ1n) is 40.2. The van der Waals surface area contributed by atoms with Gasteiger partial charge in [-0.25, -0.2) is 24.5 Å². The number of amides is 3. The van der Waals surface area contributed by atoms with E-state index in [0.29, 0.717) is 86.6 Å². The van der Waals surface area contributed by atoms with Crippen LogP contribution >= 0.6 is 0 Å². The highest BCUT2D eigenvalue weighted by Crippen LogP contribution is 2.30. The zero-order chi connectivity index (χ0) is 85.6. The van der Waals surface area contributed by atoms with Gasteiger partial charge in [0.1, 0.15) is 11.2 Å². The van der Waals surface area contributed by atoms with Crippen LogP contribution in [0.5, 0.6) is 0 Å². The molecule has 0 aliphatic rings. The van der Waals surface area contributed by atoms with Gasteiger partial charge in [0.05, 0.1) is 19.0 Å². The topological polar surface area (TPSA) is 381 Å². The number of benzene rings is 6. The number of ether oxygens (including phenoxy) is 2. The number of nitrogens with zero attached hydrogens (tertiary/aromatic N) is 12. The molecule has 6 aromatic carbocycles. The molecule has 0 radical (unpaired) electrons. The number of halogens is 1. The van der Waals surface area contributed by atoms with Crippen LogP contribution in [0.4, 0.5) is 44.9 Å². The van der Waals surface area contributed by atoms with Crippen molar-refractivity contribution in [2.45, 2.75) is 198 Å². The lowest BCUT2D eigenvalue weighted by molar-refractivity contribution is -0.119. The Kier molecular flexibility index (Phi) is 36.1. The maximum Gasteiger partial charge on any atom is 0.407 e. The Labute approximate surface area is 705 Å². The van der Waals surface area contributed by atoms with Crippen LogP contribution < -0.4 is 71.7 Å². The summed E-state index contributed by atoms with van der Waals surface area (Å²) in [4.78, 5) is 76.3. The standard InChI is InChI=1S/C29H37N7O2.C26H31N7O.C24H29N7.C8H18N2O2.C2H6O.ClH/c1-19(2)36-18-32-24-25(30-17-21-12-14-23(15-13-21)22-10-8-7-9-11-22)34-27(35-26(24)36)31-16-20(3)33-28(37)38-29(4,5)6;1-17(2)33-16-29-23-24(31-26(32-25(23)33)28-14-18(3)30-19(4)34)27-15-20-10-12-22(13-11-20)21-8-6-5-7-9-21;1-16(2)31-15-28-21-22(29-24(30-23(21)31)27-13-17(3)25)26-14-18-9-11-20(12-10-18)19-7-5-4-6-8-19;1-6(5-9)10-7(11)12-8(2,3)4;1-2-3;/h7-15,18-20H,16-17H2,1-6H3,(H,33,37)(H2,30,31,34,35);5-13,16-18H,14-15H2,1-4H3,(H,30,34)(H2,27,28,31,32);4-12,15-17H,13-14,25H2,1-3H3,(H2,26,27,29,30);6H,5,9H2,1-4H3,(H,10,11);3H,2H2,1H3;1H/p-1/t20-;18-;17-;6-;;/m0000../s1. The van der Waals surface area contributed by atoms with Gasteiger partial charge < -0.3 is 100 Å². The first-order valence-corrected chi connectivity index (χ1v) is 40.2. The molecule has 4 atom stereocenters. The van der Waals surface area contributed by atoms with Crippen molar-refractivity contribution in [2.24, 2.45) is 11.5 Å². The first-order chi connectivity index (χ1) is 56.3. The smallest absolute Gasteiger partial charge is 0.407 e. The molecule has 0 saturated heterocycles. The van der Waals surface area contributed by atoms with Crippen LogP contribution in [-0.4, -0.2) is 150 Å². The molecule has 6 aromatic heterocycles. The van der Waals surface area contributed by atoms with E-state index in [0.717, 1.165) is 39.1 Å². The summed E-state index contributed by atoms with van der Waals surface area (Å²) in [6.07, 6.45) is 4.54. The van der Waals surface area contributed by atoms with Gasteiger partial charge >= 0.3 is 12.2 Å². The Morgan fingerprint density at radius 3 is 0.933 bits per heavy atom. The van der Waals surface area contributed by atoms with E-state index >= 15 is 0 Å². The SMILES string of the molecule is CC(=O)N[C@@H](C)CNc1nc(NCc2ccc(-c3ccccc3)cc2)c2ncn(C(C)C)c2n1.CC(C)n1cnc2c(NCc3ccc(-c4ccccc4)cc3)nc(NC[C@H](C)N)nc21.CC(C)n1cnc2c(NCc3ccc(-c4ccccc4)cc3)nc(NC[C@H](C)NC(=O)OC(C)(C)C)nc21.CCO.C[C@@H](CN)NC(=O)OC(C)(C)C.[Cl-]. The van der Waals surface area contributed by atoms with E-state index in [1.54, 1.807) is 19.6 Å². The molecule has 0 spiro atoms. The molecule has 12 rings (SSSR count). The summed E-state index contributed by atoms with van der Waals surface area (Å²) < 4.78 is 16.4. The Morgan fingerprint density at radius 1 is 0.403 bits per heavy atom. The minimum absolute atomic E-state index is 0. The number of hydrogen-bond donors (Lipinski definition) is 12. The van der Waals surface area contributed by atoms with E-state index in [9.17, 15) is 14.4 Å². The third-order valence-electron chi connectivity index (χ3n) is 17.5. The number of anilines is 6. The summed E-state index contributed by atoms with van der Waals surface area (Å²) in [5.74, 6) is 3.47. The fourth-order valence-electron chi connectivity index (χ4n) is 11.7. The molecule has 0 unspecified atom stereocenters. The van der Waals surface area contributed by atoms with Crippen molar-refractivity contribution in [3.8, 4) is 33.4 Å². The Balaban J connectivity index is 0.000000226. The van der Waals surface area contributed by atoms with Crippen molar-refractivity contribution in [3.63, 3.8) is 0 Å². The quantitative estimate of drug-likeness (QED) is 0.0217. The highest BCUT2D eigenvalue weighted by atomic mass is 35.5. The number of rotatable bonds is 28. The Hall–Kier alpha value is -12.1. The van der Waals surface area contributed by atoms with E-state index in [-0.39, 0.29) is 67.2 Å². The summed E-state index contributed by atoms with van der Waals surface area (Å²) >= 11 is 0. The molecule has 0 aliphatic carbocycles. The van der Waals surface area contributed by atoms with Crippen LogP contribution in [0.3, 0.4) is 0 Å². The number of aliphatic hydroxyl groups is 1. The number of aliphatic hydroxyl groups excluding tert-OH is 1. The number of aromatic nitrogens is 12. The van der Waals surface area contributed by atoms with Crippen molar-refractivity contribution in [1.82, 2.24) is 74.5 Å². The molecular formula is C89H121ClN23O6-. The third kappa shape index (κ3) is 30.1. The molecule has 636 valence electrons. The van der Waals surface area contributed by atoms with Crippen molar-refractivity contribution in [2.75, 3.05) is 64.7 Å². The molecule has 12 aromatic rings. The summed E-state index contributed by atoms with van der Waals surface area (Å²) in [6.45, 7) is 38.4. The molecule has 29 nitrogen and oxygen atoms in total. The van der Waals surface area contributed by atoms with Gasteiger partial charge in [-0.15, -0.1) is 0 Å². The molecule has 0 fully saturated rings. The lowest BCUT2D eigenvalue weighted by atomic mass is 10.0. The average Bonchev–Trinajstić information content (AvgIpc) is 1.66. The second-order valence-corrected chi connectivity index (χ2v) is 31.6. The van der Waals surface area contributed by atoms with Crippen molar-refractivity contribution in [3.05, 3.63) is 199 Å². The van der Waals surface area contributed by atoms with Crippen LogP contribution in [0.1, 0.15) is 159 Å². The predicted molar refractivity (Wildman–Crippen MR) is 477 cm³/mol. The van der Waals surface area contributed by atoms with Gasteiger partial charge in [0.15, 0.2) is 50.9 Å². The summed E-state index contributed by atoms with van der Waals surface area (Å²) in [7, 11) is 0. The highest BCUT2D eigenvalue weighted by molar-refractivity contribution is 5.87. The predicted octanol–water partition coefficient (Wildman–Crippen LogP) is 12.9. The second kappa shape index (κ2) is 45.6. The number of hydrogen-bond acceptors (Lipinski definition) is 23. The normalized spacial score (nSPS) is 12.1. The number of alkyl carbamates (subject to hydrolysis) is 2. The fraction of sp³-hybridized carbons (Fsp3) is 0.393. The lowest BCUT2D eigenvalue weighted by Gasteiger charge is -2.22. The number of carbonyl (C=O) groups is 3. The summed E-state index contributed by atoms with van der Waals surface area (Å²) in [5, 5.41) is 35.9. The maximum atomic E-state index is 12.1. The van der Waals surface area contributed by atoms with Gasteiger partial charge in [0, 0.05) is 102 Å². The molecule has 0 bridgehead atoms. The fourth-order valence-corrected chi connectivity index (χ4v) is 11.7. The minimum Gasteiger partial charge on any atom is -1.00 e. The molecule has 0 saturated carbocycles. The first kappa shape index (κ1) is 94.1. The van der Waals surface area contributed by atoms with Crippen LogP contribution in [0.25, 0.3) is 66.9 Å².